The highest BCUT2D eigenvalue weighted by Crippen LogP contribution is 2.35. The highest BCUT2D eigenvalue weighted by Gasteiger charge is 2.23. The van der Waals surface area contributed by atoms with E-state index in [0.717, 1.165) is 11.6 Å². The number of hydrogen-bond donors (Lipinski definition) is 1. The van der Waals surface area contributed by atoms with E-state index < -0.39 is 35.0 Å². The number of benzene rings is 3. The van der Waals surface area contributed by atoms with Gasteiger partial charge in [0.2, 0.25) is 0 Å². The lowest BCUT2D eigenvalue weighted by Crippen LogP contribution is -2.33. The molecule has 0 spiro atoms. The smallest absolute Gasteiger partial charge is 0.408 e. The Kier molecular flexibility index (Phi) is 7.47. The van der Waals surface area contributed by atoms with Crippen molar-refractivity contribution in [2.24, 2.45) is 0 Å². The first kappa shape index (κ1) is 25.7. The van der Waals surface area contributed by atoms with Crippen molar-refractivity contribution in [3.05, 3.63) is 95.2 Å². The fourth-order valence-corrected chi connectivity index (χ4v) is 3.91. The van der Waals surface area contributed by atoms with Gasteiger partial charge in [-0.05, 0) is 61.9 Å². The zero-order valence-corrected chi connectivity index (χ0v) is 20.0. The molecule has 0 radical (unpaired) electrons. The van der Waals surface area contributed by atoms with Gasteiger partial charge in [0.1, 0.15) is 5.82 Å². The predicted octanol–water partition coefficient (Wildman–Crippen LogP) is 6.34. The topological polar surface area (TPSA) is 63.6 Å². The molecular weight excluding hydrogens is 490 g/mol. The summed E-state index contributed by atoms with van der Waals surface area (Å²) in [4.78, 5) is 27.0. The first-order chi connectivity index (χ1) is 17.7. The fraction of sp³-hybridized carbons (Fsp3) is 0.185. The van der Waals surface area contributed by atoms with Crippen molar-refractivity contribution in [1.82, 2.24) is 9.47 Å². The standard InChI is InChI=1S/C27H23F4N3O3/c1-3-33(4-2)27(36)37-22-12-11-21-18(13-14-34(21)15-16-5-7-17(28)8-6-16)25(22)32-26(35)19-9-10-20(29)24(31)23(19)30/h5-14H,3-4,15H2,1-2H3,(H,32,35). The number of amides is 2. The van der Waals surface area contributed by atoms with Gasteiger partial charge in [-0.1, -0.05) is 12.1 Å². The molecule has 0 aliphatic heterocycles. The largest absolute Gasteiger partial charge is 0.415 e. The number of carbonyl (C=O) groups excluding carboxylic acids is 2. The highest BCUT2D eigenvalue weighted by molar-refractivity contribution is 6.11. The fourth-order valence-electron chi connectivity index (χ4n) is 3.91. The molecular formula is C27H23F4N3O3. The summed E-state index contributed by atoms with van der Waals surface area (Å²) in [5.41, 5.74) is 0.756. The second kappa shape index (κ2) is 10.7. The molecule has 6 nitrogen and oxygen atoms in total. The van der Waals surface area contributed by atoms with Crippen LogP contribution in [-0.4, -0.2) is 34.6 Å². The van der Waals surface area contributed by atoms with E-state index in [0.29, 0.717) is 36.6 Å². The third kappa shape index (κ3) is 5.28. The average molecular weight is 513 g/mol. The molecule has 4 rings (SSSR count). The summed E-state index contributed by atoms with van der Waals surface area (Å²) >= 11 is 0. The number of halogens is 4. The minimum absolute atomic E-state index is 0.0136. The molecule has 0 aliphatic rings. The molecule has 1 N–H and O–H groups in total. The zero-order valence-electron chi connectivity index (χ0n) is 20.0. The summed E-state index contributed by atoms with van der Waals surface area (Å²) in [5, 5.41) is 2.94. The number of anilines is 1. The Hall–Kier alpha value is -4.34. The van der Waals surface area contributed by atoms with E-state index in [2.05, 4.69) is 5.32 Å². The van der Waals surface area contributed by atoms with Crippen molar-refractivity contribution in [2.75, 3.05) is 18.4 Å². The number of fused-ring (bicyclic) bond motifs is 1. The van der Waals surface area contributed by atoms with E-state index in [1.807, 2.05) is 4.57 Å². The minimum atomic E-state index is -1.77. The van der Waals surface area contributed by atoms with Crippen LogP contribution < -0.4 is 10.1 Å². The zero-order chi connectivity index (χ0) is 26.7. The Labute approximate surface area is 210 Å². The summed E-state index contributed by atoms with van der Waals surface area (Å²) in [6.45, 7) is 4.68. The van der Waals surface area contributed by atoms with Gasteiger partial charge in [0.25, 0.3) is 5.91 Å². The van der Waals surface area contributed by atoms with Crippen molar-refractivity contribution < 1.29 is 31.9 Å². The molecule has 3 aromatic carbocycles. The van der Waals surface area contributed by atoms with Gasteiger partial charge < -0.3 is 19.5 Å². The van der Waals surface area contributed by atoms with Crippen LogP contribution >= 0.6 is 0 Å². The van der Waals surface area contributed by atoms with Gasteiger partial charge in [0, 0.05) is 31.2 Å². The van der Waals surface area contributed by atoms with Crippen LogP contribution in [0.3, 0.4) is 0 Å². The molecule has 0 bridgehead atoms. The van der Waals surface area contributed by atoms with Crippen LogP contribution in [0.4, 0.5) is 28.0 Å². The molecule has 0 saturated heterocycles. The van der Waals surface area contributed by atoms with Crippen LogP contribution in [0.2, 0.25) is 0 Å². The number of nitrogens with one attached hydrogen (secondary N) is 1. The molecule has 0 aliphatic carbocycles. The highest BCUT2D eigenvalue weighted by atomic mass is 19.2. The number of carbonyl (C=O) groups is 2. The van der Waals surface area contributed by atoms with E-state index in [4.69, 9.17) is 4.74 Å². The van der Waals surface area contributed by atoms with Crippen molar-refractivity contribution in [3.8, 4) is 5.75 Å². The van der Waals surface area contributed by atoms with E-state index in [9.17, 15) is 27.2 Å². The van der Waals surface area contributed by atoms with Crippen molar-refractivity contribution in [1.29, 1.82) is 0 Å². The average Bonchev–Trinajstić information content (AvgIpc) is 3.29. The van der Waals surface area contributed by atoms with E-state index in [1.165, 1.54) is 23.1 Å². The van der Waals surface area contributed by atoms with Gasteiger partial charge in [-0.25, -0.2) is 22.4 Å². The number of aromatic nitrogens is 1. The van der Waals surface area contributed by atoms with Gasteiger partial charge in [-0.3, -0.25) is 4.79 Å². The Morgan fingerprint density at radius 3 is 2.27 bits per heavy atom. The summed E-state index contributed by atoms with van der Waals surface area (Å²) < 4.78 is 62.1. The summed E-state index contributed by atoms with van der Waals surface area (Å²) in [6, 6.07) is 12.2. The molecule has 10 heteroatoms. The molecule has 0 fully saturated rings. The van der Waals surface area contributed by atoms with Gasteiger partial charge in [-0.15, -0.1) is 0 Å². The van der Waals surface area contributed by atoms with Crippen LogP contribution in [0.25, 0.3) is 10.9 Å². The van der Waals surface area contributed by atoms with Crippen LogP contribution in [0.15, 0.2) is 60.8 Å². The lowest BCUT2D eigenvalue weighted by molar-refractivity contribution is 0.102. The number of nitrogens with zero attached hydrogens (tertiary/aromatic N) is 2. The lowest BCUT2D eigenvalue weighted by atomic mass is 10.1. The summed E-state index contributed by atoms with van der Waals surface area (Å²) in [5.74, 6) is -6.28. The maximum atomic E-state index is 14.3. The molecule has 0 saturated carbocycles. The number of hydrogen-bond acceptors (Lipinski definition) is 3. The molecule has 1 heterocycles. The van der Waals surface area contributed by atoms with E-state index in [1.54, 1.807) is 44.3 Å². The Bertz CT molecular complexity index is 1460. The van der Waals surface area contributed by atoms with Gasteiger partial charge >= 0.3 is 6.09 Å². The normalized spacial score (nSPS) is 11.0. The third-order valence-corrected chi connectivity index (χ3v) is 5.92. The monoisotopic (exact) mass is 513 g/mol. The lowest BCUT2D eigenvalue weighted by Gasteiger charge is -2.20. The van der Waals surface area contributed by atoms with Crippen LogP contribution in [0, 0.1) is 23.3 Å². The molecule has 4 aromatic rings. The SMILES string of the molecule is CCN(CC)C(=O)Oc1ccc2c(ccn2Cc2ccc(F)cc2)c1NC(=O)c1ccc(F)c(F)c1F. The Morgan fingerprint density at radius 2 is 1.59 bits per heavy atom. The summed E-state index contributed by atoms with van der Waals surface area (Å²) in [7, 11) is 0. The van der Waals surface area contributed by atoms with Gasteiger partial charge in [0.15, 0.2) is 23.2 Å². The molecule has 1 aromatic heterocycles. The van der Waals surface area contributed by atoms with Crippen LogP contribution in [-0.2, 0) is 6.54 Å². The third-order valence-electron chi connectivity index (χ3n) is 5.92. The molecule has 0 atom stereocenters. The van der Waals surface area contributed by atoms with Gasteiger partial charge in [-0.2, -0.15) is 0 Å². The van der Waals surface area contributed by atoms with Crippen molar-refractivity contribution in [2.45, 2.75) is 20.4 Å². The number of ether oxygens (including phenoxy) is 1. The second-order valence-electron chi connectivity index (χ2n) is 8.16. The second-order valence-corrected chi connectivity index (χ2v) is 8.16. The Morgan fingerprint density at radius 1 is 0.892 bits per heavy atom. The predicted molar refractivity (Wildman–Crippen MR) is 131 cm³/mol. The van der Waals surface area contributed by atoms with E-state index in [-0.39, 0.29) is 17.3 Å². The molecule has 0 unspecified atom stereocenters. The summed E-state index contributed by atoms with van der Waals surface area (Å²) in [6.07, 6.45) is 1.06. The first-order valence-corrected chi connectivity index (χ1v) is 11.5. The quantitative estimate of drug-likeness (QED) is 0.232. The van der Waals surface area contributed by atoms with Crippen LogP contribution in [0.1, 0.15) is 29.8 Å². The molecule has 2 amide bonds. The first-order valence-electron chi connectivity index (χ1n) is 11.5. The molecule has 192 valence electrons. The maximum absolute atomic E-state index is 14.3. The van der Waals surface area contributed by atoms with Crippen LogP contribution in [0.5, 0.6) is 5.75 Å². The number of rotatable bonds is 7. The van der Waals surface area contributed by atoms with Crippen molar-refractivity contribution in [3.63, 3.8) is 0 Å². The van der Waals surface area contributed by atoms with E-state index >= 15 is 0 Å². The molecule has 37 heavy (non-hydrogen) atoms. The van der Waals surface area contributed by atoms with Gasteiger partial charge in [0.05, 0.1) is 16.8 Å². The maximum Gasteiger partial charge on any atom is 0.415 e. The Balaban J connectivity index is 1.76. The van der Waals surface area contributed by atoms with Crippen molar-refractivity contribution >= 4 is 28.6 Å². The minimum Gasteiger partial charge on any atom is -0.408 e.